The van der Waals surface area contributed by atoms with Crippen LogP contribution in [0.3, 0.4) is 0 Å². The van der Waals surface area contributed by atoms with Crippen molar-refractivity contribution in [2.45, 2.75) is 25.8 Å². The molecule has 0 bridgehead atoms. The van der Waals surface area contributed by atoms with Gasteiger partial charge in [0.1, 0.15) is 0 Å². The number of aliphatic imine (C=N–C) groups is 1. The fourth-order valence-corrected chi connectivity index (χ4v) is 8.15. The first-order chi connectivity index (χ1) is 28.1. The number of allylic oxidation sites excluding steroid dienone is 5. The van der Waals surface area contributed by atoms with Crippen LogP contribution in [0.5, 0.6) is 0 Å². The van der Waals surface area contributed by atoms with E-state index in [9.17, 15) is 0 Å². The maximum atomic E-state index is 5.08. The summed E-state index contributed by atoms with van der Waals surface area (Å²) in [6, 6.07) is 39.7. The van der Waals surface area contributed by atoms with Crippen LogP contribution in [-0.4, -0.2) is 36.6 Å². The first-order valence-corrected chi connectivity index (χ1v) is 19.3. The van der Waals surface area contributed by atoms with Crippen LogP contribution in [0.1, 0.15) is 41.6 Å². The van der Waals surface area contributed by atoms with E-state index in [1.54, 1.807) is 0 Å². The number of pyridine rings is 3. The fraction of sp³-hybridized carbons (Fsp3) is 0.100. The summed E-state index contributed by atoms with van der Waals surface area (Å²) in [5.41, 5.74) is 13.7. The van der Waals surface area contributed by atoms with Crippen LogP contribution in [0.25, 0.3) is 72.7 Å². The van der Waals surface area contributed by atoms with Gasteiger partial charge in [0.25, 0.3) is 0 Å². The van der Waals surface area contributed by atoms with Gasteiger partial charge in [-0.25, -0.2) is 15.0 Å². The average Bonchev–Trinajstić information content (AvgIpc) is 3.47. The van der Waals surface area contributed by atoms with Gasteiger partial charge in [0.2, 0.25) is 0 Å². The van der Waals surface area contributed by atoms with Gasteiger partial charge in [-0.1, -0.05) is 116 Å². The van der Waals surface area contributed by atoms with Crippen LogP contribution < -0.4 is 0 Å². The molecule has 0 spiro atoms. The molecule has 0 amide bonds. The molecule has 7 nitrogen and oxygen atoms in total. The molecule has 2 aliphatic rings. The third kappa shape index (κ3) is 6.43. The van der Waals surface area contributed by atoms with Gasteiger partial charge < -0.3 is 0 Å². The van der Waals surface area contributed by atoms with Gasteiger partial charge in [0, 0.05) is 57.5 Å². The normalized spacial score (nSPS) is 16.0. The van der Waals surface area contributed by atoms with Gasteiger partial charge in [-0.15, -0.1) is 0 Å². The molecule has 2 atom stereocenters. The third-order valence-electron chi connectivity index (χ3n) is 11.0. The summed E-state index contributed by atoms with van der Waals surface area (Å²) in [5.74, 6) is 2.58. The summed E-state index contributed by atoms with van der Waals surface area (Å²) in [7, 11) is 0. The molecule has 0 radical (unpaired) electrons. The van der Waals surface area contributed by atoms with Crippen LogP contribution in [0.4, 0.5) is 0 Å². The van der Waals surface area contributed by atoms with Crippen molar-refractivity contribution < 1.29 is 0 Å². The van der Waals surface area contributed by atoms with Crippen molar-refractivity contribution in [1.29, 1.82) is 0 Å². The monoisotopic (exact) mass is 735 g/mol. The van der Waals surface area contributed by atoms with E-state index in [1.807, 2.05) is 61.1 Å². The first-order valence-electron chi connectivity index (χ1n) is 19.3. The van der Waals surface area contributed by atoms with Gasteiger partial charge in [-0.3, -0.25) is 19.9 Å². The second kappa shape index (κ2) is 14.4. The number of rotatable bonds is 7. The molecule has 8 aromatic rings. The van der Waals surface area contributed by atoms with Gasteiger partial charge in [-0.2, -0.15) is 0 Å². The molecule has 7 heteroatoms. The molecular formula is C50H37N7. The van der Waals surface area contributed by atoms with Crippen molar-refractivity contribution >= 4 is 34.1 Å². The highest BCUT2D eigenvalue weighted by Gasteiger charge is 2.29. The lowest BCUT2D eigenvalue weighted by molar-refractivity contribution is 0.582. The van der Waals surface area contributed by atoms with Crippen LogP contribution in [0.15, 0.2) is 169 Å². The minimum Gasteiger partial charge on any atom is -0.296 e. The Hall–Kier alpha value is -7.25. The van der Waals surface area contributed by atoms with E-state index in [-0.39, 0.29) is 5.92 Å². The van der Waals surface area contributed by atoms with Gasteiger partial charge in [0.05, 0.1) is 23.3 Å². The predicted molar refractivity (Wildman–Crippen MR) is 230 cm³/mol. The molecule has 4 aromatic heterocycles. The van der Waals surface area contributed by atoms with E-state index in [0.717, 1.165) is 72.9 Å². The quantitative estimate of drug-likeness (QED) is 0.120. The SMILES string of the molecule is C=NCc1ccc(-c2nc(-c3ccc(C4=CC5=CC=CC(C)CC5c5ncccc54)cc3)nc(-c3ccc(-c4cc5cccnc5c5ncccc45)cc3)n2)cc1. The number of aromatic nitrogens is 6. The summed E-state index contributed by atoms with van der Waals surface area (Å²) in [4.78, 5) is 33.5. The number of benzene rings is 4. The topological polar surface area (TPSA) is 89.7 Å². The molecule has 272 valence electrons. The van der Waals surface area contributed by atoms with Crippen molar-refractivity contribution in [2.24, 2.45) is 10.9 Å². The zero-order valence-corrected chi connectivity index (χ0v) is 31.4. The Bertz CT molecular complexity index is 2930. The Morgan fingerprint density at radius 1 is 0.632 bits per heavy atom. The molecular weight excluding hydrogens is 699 g/mol. The Balaban J connectivity index is 1.04. The Labute approximate surface area is 331 Å². The summed E-state index contributed by atoms with van der Waals surface area (Å²) in [5, 5.41) is 2.11. The zero-order chi connectivity index (χ0) is 38.3. The number of hydrogen-bond donors (Lipinski definition) is 0. The van der Waals surface area contributed by atoms with E-state index in [2.05, 4.69) is 121 Å². The van der Waals surface area contributed by atoms with Crippen LogP contribution in [0.2, 0.25) is 0 Å². The molecule has 0 N–H and O–H groups in total. The summed E-state index contributed by atoms with van der Waals surface area (Å²) in [6.07, 6.45) is 15.7. The fourth-order valence-electron chi connectivity index (χ4n) is 8.15. The number of fused-ring (bicyclic) bond motifs is 6. The molecule has 0 saturated carbocycles. The molecule has 0 aliphatic heterocycles. The minimum absolute atomic E-state index is 0.286. The highest BCUT2D eigenvalue weighted by atomic mass is 15.0. The highest BCUT2D eigenvalue weighted by Crippen LogP contribution is 2.44. The third-order valence-corrected chi connectivity index (χ3v) is 11.0. The van der Waals surface area contributed by atoms with Crippen molar-refractivity contribution in [1.82, 2.24) is 29.9 Å². The van der Waals surface area contributed by atoms with Gasteiger partial charge in [0.15, 0.2) is 17.5 Å². The van der Waals surface area contributed by atoms with Crippen LogP contribution in [0, 0.1) is 5.92 Å². The molecule has 10 rings (SSSR count). The molecule has 4 aromatic carbocycles. The predicted octanol–water partition coefficient (Wildman–Crippen LogP) is 11.3. The van der Waals surface area contributed by atoms with Crippen molar-refractivity contribution in [3.05, 3.63) is 186 Å². The average molecular weight is 736 g/mol. The molecule has 0 fully saturated rings. The number of nitrogens with zero attached hydrogens (tertiary/aromatic N) is 7. The molecule has 2 unspecified atom stereocenters. The zero-order valence-electron chi connectivity index (χ0n) is 31.4. The van der Waals surface area contributed by atoms with Crippen LogP contribution >= 0.6 is 0 Å². The first kappa shape index (κ1) is 34.3. The van der Waals surface area contributed by atoms with Gasteiger partial charge in [-0.05, 0) is 82.8 Å². The second-order valence-electron chi connectivity index (χ2n) is 14.7. The molecule has 4 heterocycles. The van der Waals surface area contributed by atoms with Crippen molar-refractivity contribution in [3.63, 3.8) is 0 Å². The molecule has 0 saturated heterocycles. The standard InChI is InChI=1S/C50H37N7/c1-31-7-3-8-38-28-42(40-10-5-25-53-46(40)44(38)27-31)33-16-20-36(21-17-33)49-55-48(35-14-12-32(13-15-35)30-51-2)56-50(57-49)37-22-18-34(19-23-37)43-29-39-9-4-24-52-45(39)47-41(43)11-6-26-54-47/h3-26,28-29,31,44H,2,27,30H2,1H3. The van der Waals surface area contributed by atoms with Gasteiger partial charge >= 0.3 is 0 Å². The van der Waals surface area contributed by atoms with E-state index in [0.29, 0.717) is 29.9 Å². The lowest BCUT2D eigenvalue weighted by Crippen LogP contribution is -2.14. The van der Waals surface area contributed by atoms with E-state index >= 15 is 0 Å². The van der Waals surface area contributed by atoms with Crippen molar-refractivity contribution in [2.75, 3.05) is 0 Å². The Kier molecular flexibility index (Phi) is 8.68. The summed E-state index contributed by atoms with van der Waals surface area (Å²) in [6.45, 7) is 6.48. The Morgan fingerprint density at radius 3 is 1.93 bits per heavy atom. The van der Waals surface area contributed by atoms with E-state index < -0.39 is 0 Å². The maximum Gasteiger partial charge on any atom is 0.164 e. The lowest BCUT2D eigenvalue weighted by Gasteiger charge is -2.27. The smallest absolute Gasteiger partial charge is 0.164 e. The van der Waals surface area contributed by atoms with E-state index in [1.165, 1.54) is 16.7 Å². The second-order valence-corrected chi connectivity index (χ2v) is 14.7. The minimum atomic E-state index is 0.286. The largest absolute Gasteiger partial charge is 0.296 e. The lowest BCUT2D eigenvalue weighted by atomic mass is 9.78. The summed E-state index contributed by atoms with van der Waals surface area (Å²) >= 11 is 0. The van der Waals surface area contributed by atoms with Crippen molar-refractivity contribution in [3.8, 4) is 45.3 Å². The Morgan fingerprint density at radius 2 is 1.23 bits per heavy atom. The molecule has 2 aliphatic carbocycles. The highest BCUT2D eigenvalue weighted by molar-refractivity contribution is 6.10. The maximum absolute atomic E-state index is 5.08. The summed E-state index contributed by atoms with van der Waals surface area (Å²) < 4.78 is 0. The van der Waals surface area contributed by atoms with Crippen LogP contribution in [-0.2, 0) is 6.54 Å². The molecule has 57 heavy (non-hydrogen) atoms. The van der Waals surface area contributed by atoms with E-state index in [4.69, 9.17) is 24.9 Å². The number of hydrogen-bond acceptors (Lipinski definition) is 7.